The molecule has 180 valence electrons. The summed E-state index contributed by atoms with van der Waals surface area (Å²) in [5.41, 5.74) is 0. The second kappa shape index (κ2) is 15.5. The smallest absolute Gasteiger partial charge is 0.162 e. The van der Waals surface area contributed by atoms with Crippen LogP contribution in [0.15, 0.2) is 91.0 Å². The fourth-order valence-corrected chi connectivity index (χ4v) is 3.11. The van der Waals surface area contributed by atoms with E-state index in [2.05, 4.69) is 10.6 Å². The van der Waals surface area contributed by atoms with Crippen molar-refractivity contribution in [2.45, 2.75) is 18.7 Å². The summed E-state index contributed by atoms with van der Waals surface area (Å²) in [4.78, 5) is 0. The molecule has 1 aliphatic heterocycles. The van der Waals surface area contributed by atoms with E-state index in [1.54, 1.807) is 0 Å². The van der Waals surface area contributed by atoms with Gasteiger partial charge in [-0.2, -0.15) is 0 Å². The van der Waals surface area contributed by atoms with Gasteiger partial charge in [0.15, 0.2) is 6.23 Å². The maximum absolute atomic E-state index is 6.12. The summed E-state index contributed by atoms with van der Waals surface area (Å²) < 4.78 is 18.3. The van der Waals surface area contributed by atoms with E-state index >= 15 is 0 Å². The zero-order valence-corrected chi connectivity index (χ0v) is 22.1. The normalized spacial score (nSPS) is 20.4. The van der Waals surface area contributed by atoms with Gasteiger partial charge in [-0.25, -0.2) is 0 Å². The summed E-state index contributed by atoms with van der Waals surface area (Å²) in [5.74, 6) is 2.37. The van der Waals surface area contributed by atoms with E-state index in [1.165, 1.54) is 0 Å². The Hall–Kier alpha value is -1.48. The van der Waals surface area contributed by atoms with Crippen molar-refractivity contribution < 1.29 is 28.9 Å². The fourth-order valence-electron chi connectivity index (χ4n) is 3.11. The maximum Gasteiger partial charge on any atom is 0.162 e. The molecule has 0 bridgehead atoms. The standard InChI is InChI=1S/C24H26N3O3.3ClH.Ti/c1-4-10-19(11-5-1)28-22-16-26-24(30-21-14-8-3-9-15-21)18-27-23(17-25-22)29-20-12-6-2-7-13-20;;;;/h1-15,22-26H,16-18H2;3*1H;/q-1;;;;+4/p-3. The summed E-state index contributed by atoms with van der Waals surface area (Å²) in [5, 5.41) is 11.5. The second-order valence-electron chi connectivity index (χ2n) is 7.12. The Labute approximate surface area is 218 Å². The molecule has 3 aromatic carbocycles. The molecule has 10 heteroatoms. The third-order valence-corrected chi connectivity index (χ3v) is 4.58. The third-order valence-electron chi connectivity index (χ3n) is 4.58. The van der Waals surface area contributed by atoms with Crippen LogP contribution in [0.4, 0.5) is 0 Å². The van der Waals surface area contributed by atoms with E-state index in [1.807, 2.05) is 91.0 Å². The van der Waals surface area contributed by atoms with Crippen molar-refractivity contribution in [1.82, 2.24) is 10.6 Å². The molecular formula is C24H26Cl3N3O3Ti. The first kappa shape index (κ1) is 27.1. The molecule has 3 atom stereocenters. The Morgan fingerprint density at radius 2 is 1.03 bits per heavy atom. The van der Waals surface area contributed by atoms with Crippen LogP contribution in [0.2, 0.25) is 0 Å². The summed E-state index contributed by atoms with van der Waals surface area (Å²) in [6.07, 6.45) is -0.920. The first-order chi connectivity index (χ1) is 16.6. The van der Waals surface area contributed by atoms with Gasteiger partial charge < -0.3 is 19.5 Å². The summed E-state index contributed by atoms with van der Waals surface area (Å²) in [6, 6.07) is 29.2. The summed E-state index contributed by atoms with van der Waals surface area (Å²) in [7, 11) is 14.9. The van der Waals surface area contributed by atoms with Gasteiger partial charge in [-0.1, -0.05) is 61.1 Å². The molecular weight excluding hydrogens is 533 g/mol. The van der Waals surface area contributed by atoms with E-state index in [4.69, 9.17) is 47.4 Å². The number of hydrogen-bond donors (Lipinski definition) is 2. The predicted molar refractivity (Wildman–Crippen MR) is 134 cm³/mol. The molecule has 3 unspecified atom stereocenters. The number of hydrogen-bond acceptors (Lipinski definition) is 5. The first-order valence-electron chi connectivity index (χ1n) is 10.7. The molecule has 1 aliphatic rings. The average molecular weight is 559 g/mol. The van der Waals surface area contributed by atoms with Crippen LogP contribution in [-0.4, -0.2) is 38.3 Å². The SMILES string of the molecule is [Cl][Ti+]([Cl])[Cl].c1ccc(OC2CNC(Oc3ccccc3)CNC(Oc3ccccc3)C[N-]2)cc1. The number of nitrogens with one attached hydrogen (secondary N) is 2. The van der Waals surface area contributed by atoms with Crippen molar-refractivity contribution in [3.05, 3.63) is 96.3 Å². The number of rotatable bonds is 6. The molecule has 0 aliphatic carbocycles. The zero-order chi connectivity index (χ0) is 24.0. The van der Waals surface area contributed by atoms with Crippen molar-refractivity contribution in [2.24, 2.45) is 0 Å². The molecule has 0 saturated carbocycles. The predicted octanol–water partition coefficient (Wildman–Crippen LogP) is 5.83. The maximum atomic E-state index is 6.12. The third kappa shape index (κ3) is 10.8. The molecule has 0 amide bonds. The van der Waals surface area contributed by atoms with E-state index in [0.29, 0.717) is 19.6 Å². The van der Waals surface area contributed by atoms with Crippen LogP contribution in [0.25, 0.3) is 5.32 Å². The number of nitrogens with zero attached hydrogens (tertiary/aromatic N) is 1. The molecule has 1 saturated heterocycles. The monoisotopic (exact) mass is 557 g/mol. The van der Waals surface area contributed by atoms with Crippen molar-refractivity contribution in [3.8, 4) is 17.2 Å². The van der Waals surface area contributed by atoms with E-state index in [-0.39, 0.29) is 18.7 Å². The Morgan fingerprint density at radius 3 is 1.53 bits per heavy atom. The second-order valence-corrected chi connectivity index (χ2v) is 14.9. The van der Waals surface area contributed by atoms with Crippen LogP contribution in [-0.2, 0) is 14.7 Å². The molecule has 3 aromatic rings. The van der Waals surface area contributed by atoms with Gasteiger partial charge in [0.2, 0.25) is 0 Å². The number of halogens is 3. The van der Waals surface area contributed by atoms with Crippen molar-refractivity contribution in [1.29, 1.82) is 0 Å². The van der Waals surface area contributed by atoms with Crippen molar-refractivity contribution in [2.75, 3.05) is 19.6 Å². The van der Waals surface area contributed by atoms with Gasteiger partial charge in [-0.3, -0.25) is 10.6 Å². The van der Waals surface area contributed by atoms with Crippen molar-refractivity contribution in [3.63, 3.8) is 0 Å². The van der Waals surface area contributed by atoms with E-state index < -0.39 is 14.7 Å². The molecule has 1 fully saturated rings. The first-order valence-corrected chi connectivity index (χ1v) is 17.1. The van der Waals surface area contributed by atoms with Gasteiger partial charge in [0.1, 0.15) is 23.5 Å². The van der Waals surface area contributed by atoms with Crippen LogP contribution in [0, 0.1) is 0 Å². The molecule has 0 aromatic heterocycles. The Morgan fingerprint density at radius 1 is 0.618 bits per heavy atom. The summed E-state index contributed by atoms with van der Waals surface area (Å²) in [6.45, 7) is 1.53. The molecule has 1 heterocycles. The minimum atomic E-state index is -1.92. The van der Waals surface area contributed by atoms with Gasteiger partial charge in [0.25, 0.3) is 0 Å². The summed E-state index contributed by atoms with van der Waals surface area (Å²) >= 11 is -1.92. The van der Waals surface area contributed by atoms with Gasteiger partial charge >= 0.3 is 42.6 Å². The van der Waals surface area contributed by atoms with E-state index in [0.717, 1.165) is 17.2 Å². The van der Waals surface area contributed by atoms with Gasteiger partial charge in [-0.05, 0) is 36.4 Å². The molecule has 0 radical (unpaired) electrons. The van der Waals surface area contributed by atoms with Crippen LogP contribution in [0.5, 0.6) is 17.2 Å². The molecule has 2 N–H and O–H groups in total. The van der Waals surface area contributed by atoms with Gasteiger partial charge in [-0.15, -0.1) is 0 Å². The minimum Gasteiger partial charge on any atom is -0.621 e. The molecule has 6 nitrogen and oxygen atoms in total. The number of para-hydroxylation sites is 3. The Kier molecular flexibility index (Phi) is 12.4. The van der Waals surface area contributed by atoms with Gasteiger partial charge in [0, 0.05) is 19.3 Å². The largest absolute Gasteiger partial charge is 0.621 e. The molecule has 34 heavy (non-hydrogen) atoms. The average Bonchev–Trinajstić information content (AvgIpc) is 2.93. The van der Waals surface area contributed by atoms with Gasteiger partial charge in [0.05, 0.1) is 0 Å². The zero-order valence-electron chi connectivity index (χ0n) is 18.3. The van der Waals surface area contributed by atoms with Crippen LogP contribution in [0.3, 0.4) is 0 Å². The topological polar surface area (TPSA) is 65.8 Å². The quantitative estimate of drug-likeness (QED) is 0.373. The number of benzene rings is 3. The van der Waals surface area contributed by atoms with Crippen molar-refractivity contribution >= 4 is 27.9 Å². The van der Waals surface area contributed by atoms with Crippen LogP contribution in [0.1, 0.15) is 0 Å². The molecule has 0 spiro atoms. The fraction of sp³-hybridized carbons (Fsp3) is 0.250. The van der Waals surface area contributed by atoms with E-state index in [9.17, 15) is 0 Å². The Balaban J connectivity index is 0.000000751. The molecule has 4 rings (SSSR count). The minimum absolute atomic E-state index is 0.260. The van der Waals surface area contributed by atoms with Crippen LogP contribution >= 0.6 is 27.9 Å². The Bertz CT molecular complexity index is 797. The number of ether oxygens (including phenoxy) is 3. The van der Waals surface area contributed by atoms with Crippen LogP contribution < -0.4 is 24.8 Å².